The molecule has 3 heterocycles. The maximum absolute atomic E-state index is 12.9. The summed E-state index contributed by atoms with van der Waals surface area (Å²) in [6, 6.07) is 4.47. The number of imide groups is 2. The van der Waals surface area contributed by atoms with Crippen LogP contribution in [-0.4, -0.2) is 53.7 Å². The molecule has 0 radical (unpaired) electrons. The second-order valence-corrected chi connectivity index (χ2v) is 8.88. The Hall–Kier alpha value is -2.74. The summed E-state index contributed by atoms with van der Waals surface area (Å²) in [5, 5.41) is 9.17. The minimum absolute atomic E-state index is 0.113. The average molecular weight is 398 g/mol. The van der Waals surface area contributed by atoms with Gasteiger partial charge in [-0.1, -0.05) is 13.8 Å². The second-order valence-electron chi connectivity index (χ2n) is 8.88. The van der Waals surface area contributed by atoms with Gasteiger partial charge < -0.3 is 10.6 Å². The molecule has 4 amide bonds. The molecule has 29 heavy (non-hydrogen) atoms. The van der Waals surface area contributed by atoms with Crippen molar-refractivity contribution < 1.29 is 19.2 Å². The Morgan fingerprint density at radius 3 is 2.59 bits per heavy atom. The van der Waals surface area contributed by atoms with E-state index in [2.05, 4.69) is 29.8 Å². The average Bonchev–Trinajstić information content (AvgIpc) is 2.78. The summed E-state index contributed by atoms with van der Waals surface area (Å²) in [4.78, 5) is 50.3. The van der Waals surface area contributed by atoms with Crippen LogP contribution in [0.15, 0.2) is 18.2 Å². The van der Waals surface area contributed by atoms with Gasteiger partial charge >= 0.3 is 0 Å². The number of anilines is 1. The number of hydrogen-bond acceptors (Lipinski definition) is 6. The highest BCUT2D eigenvalue weighted by Gasteiger charge is 2.44. The Morgan fingerprint density at radius 1 is 1.07 bits per heavy atom. The highest BCUT2D eigenvalue weighted by atomic mass is 16.2. The number of fused-ring (bicyclic) bond motifs is 1. The predicted octanol–water partition coefficient (Wildman–Crippen LogP) is 1.28. The summed E-state index contributed by atoms with van der Waals surface area (Å²) in [5.74, 6) is -1.94. The first-order chi connectivity index (χ1) is 13.7. The van der Waals surface area contributed by atoms with Crippen molar-refractivity contribution in [1.82, 2.24) is 15.5 Å². The Morgan fingerprint density at radius 2 is 1.83 bits per heavy atom. The van der Waals surface area contributed by atoms with E-state index in [0.29, 0.717) is 11.1 Å². The van der Waals surface area contributed by atoms with Gasteiger partial charge in [-0.25, -0.2) is 0 Å². The molecule has 0 aromatic heterocycles. The third-order valence-electron chi connectivity index (χ3n) is 5.88. The maximum atomic E-state index is 12.9. The lowest BCUT2D eigenvalue weighted by atomic mass is 9.86. The van der Waals surface area contributed by atoms with Gasteiger partial charge in [0.15, 0.2) is 0 Å². The number of carbonyl (C=O) groups is 4. The van der Waals surface area contributed by atoms with Crippen molar-refractivity contribution in [3.63, 3.8) is 0 Å². The van der Waals surface area contributed by atoms with Crippen LogP contribution in [0.3, 0.4) is 0 Å². The topological polar surface area (TPSA) is 108 Å². The SMILES string of the molecule is CC1(C)CNCCC(Nc2ccc3c(c2)C(=O)N(C2CCC(=O)NC2=O)C3=O)C1. The van der Waals surface area contributed by atoms with Gasteiger partial charge in [-0.15, -0.1) is 0 Å². The first-order valence-electron chi connectivity index (χ1n) is 10.1. The molecule has 2 unspecified atom stereocenters. The largest absolute Gasteiger partial charge is 0.382 e. The van der Waals surface area contributed by atoms with Crippen LogP contribution >= 0.6 is 0 Å². The molecule has 0 aliphatic carbocycles. The van der Waals surface area contributed by atoms with Crippen LogP contribution in [-0.2, 0) is 9.59 Å². The van der Waals surface area contributed by atoms with Crippen LogP contribution < -0.4 is 16.0 Å². The molecule has 3 aliphatic rings. The lowest BCUT2D eigenvalue weighted by molar-refractivity contribution is -0.136. The van der Waals surface area contributed by atoms with Crippen LogP contribution in [0, 0.1) is 5.41 Å². The summed E-state index contributed by atoms with van der Waals surface area (Å²) < 4.78 is 0. The van der Waals surface area contributed by atoms with E-state index in [-0.39, 0.29) is 30.2 Å². The normalized spacial score (nSPS) is 26.8. The number of carbonyl (C=O) groups excluding carboxylic acids is 4. The van der Waals surface area contributed by atoms with E-state index in [1.807, 2.05) is 6.07 Å². The minimum atomic E-state index is -0.940. The zero-order chi connectivity index (χ0) is 20.8. The summed E-state index contributed by atoms with van der Waals surface area (Å²) in [6.45, 7) is 6.33. The van der Waals surface area contributed by atoms with Crippen molar-refractivity contribution >= 4 is 29.3 Å². The first kappa shape index (κ1) is 19.6. The van der Waals surface area contributed by atoms with Crippen LogP contribution in [0.2, 0.25) is 0 Å². The molecule has 1 aromatic carbocycles. The smallest absolute Gasteiger partial charge is 0.262 e. The fourth-order valence-electron chi connectivity index (χ4n) is 4.46. The molecule has 4 rings (SSSR count). The summed E-state index contributed by atoms with van der Waals surface area (Å²) in [5.41, 5.74) is 1.56. The molecular weight excluding hydrogens is 372 g/mol. The van der Waals surface area contributed by atoms with Crippen molar-refractivity contribution in [2.75, 3.05) is 18.4 Å². The number of rotatable bonds is 3. The Bertz CT molecular complexity index is 895. The fraction of sp³-hybridized carbons (Fsp3) is 0.524. The van der Waals surface area contributed by atoms with Crippen molar-refractivity contribution in [2.45, 2.75) is 51.6 Å². The zero-order valence-corrected chi connectivity index (χ0v) is 16.7. The first-order valence-corrected chi connectivity index (χ1v) is 10.1. The molecule has 154 valence electrons. The molecule has 2 atom stereocenters. The molecule has 1 aromatic rings. The highest BCUT2D eigenvalue weighted by Crippen LogP contribution is 2.31. The van der Waals surface area contributed by atoms with E-state index >= 15 is 0 Å². The van der Waals surface area contributed by atoms with Gasteiger partial charge in [0.2, 0.25) is 11.8 Å². The van der Waals surface area contributed by atoms with E-state index in [1.54, 1.807) is 12.1 Å². The Balaban J connectivity index is 1.54. The van der Waals surface area contributed by atoms with Gasteiger partial charge in [-0.3, -0.25) is 29.4 Å². The minimum Gasteiger partial charge on any atom is -0.382 e. The molecule has 8 heteroatoms. The number of nitrogens with zero attached hydrogens (tertiary/aromatic N) is 1. The molecule has 2 saturated heterocycles. The molecule has 0 saturated carbocycles. The Kier molecular flexibility index (Phi) is 4.90. The summed E-state index contributed by atoms with van der Waals surface area (Å²) in [7, 11) is 0. The van der Waals surface area contributed by atoms with Crippen molar-refractivity contribution in [3.8, 4) is 0 Å². The van der Waals surface area contributed by atoms with E-state index < -0.39 is 23.8 Å². The van der Waals surface area contributed by atoms with Gasteiger partial charge in [0, 0.05) is 24.7 Å². The summed E-state index contributed by atoms with van der Waals surface area (Å²) >= 11 is 0. The maximum Gasteiger partial charge on any atom is 0.262 e. The lowest BCUT2D eigenvalue weighted by Crippen LogP contribution is -2.54. The summed E-state index contributed by atoms with van der Waals surface area (Å²) in [6.07, 6.45) is 2.23. The molecule has 3 N–H and O–H groups in total. The zero-order valence-electron chi connectivity index (χ0n) is 16.7. The Labute approximate surface area is 169 Å². The van der Waals surface area contributed by atoms with Crippen molar-refractivity contribution in [2.24, 2.45) is 5.41 Å². The molecular formula is C21H26N4O4. The van der Waals surface area contributed by atoms with E-state index in [9.17, 15) is 19.2 Å². The van der Waals surface area contributed by atoms with E-state index in [4.69, 9.17) is 0 Å². The van der Waals surface area contributed by atoms with E-state index in [0.717, 1.165) is 36.5 Å². The third kappa shape index (κ3) is 3.76. The molecule has 2 fully saturated rings. The fourth-order valence-corrected chi connectivity index (χ4v) is 4.46. The number of piperidine rings is 1. The van der Waals surface area contributed by atoms with Crippen LogP contribution in [0.1, 0.15) is 60.2 Å². The van der Waals surface area contributed by atoms with Gasteiger partial charge in [0.05, 0.1) is 11.1 Å². The van der Waals surface area contributed by atoms with Gasteiger partial charge in [0.25, 0.3) is 11.8 Å². The molecule has 0 bridgehead atoms. The third-order valence-corrected chi connectivity index (χ3v) is 5.88. The van der Waals surface area contributed by atoms with Crippen LogP contribution in [0.5, 0.6) is 0 Å². The quantitative estimate of drug-likeness (QED) is 0.662. The van der Waals surface area contributed by atoms with Gasteiger partial charge in [-0.05, 0) is 49.4 Å². The van der Waals surface area contributed by atoms with Crippen LogP contribution in [0.4, 0.5) is 5.69 Å². The monoisotopic (exact) mass is 398 g/mol. The highest BCUT2D eigenvalue weighted by molar-refractivity contribution is 6.23. The van der Waals surface area contributed by atoms with Crippen molar-refractivity contribution in [3.05, 3.63) is 29.3 Å². The predicted molar refractivity (Wildman–Crippen MR) is 106 cm³/mol. The number of nitrogens with one attached hydrogen (secondary N) is 3. The van der Waals surface area contributed by atoms with Crippen molar-refractivity contribution in [1.29, 1.82) is 0 Å². The van der Waals surface area contributed by atoms with Gasteiger partial charge in [0.1, 0.15) is 6.04 Å². The molecule has 3 aliphatic heterocycles. The molecule has 0 spiro atoms. The lowest BCUT2D eigenvalue weighted by Gasteiger charge is -2.27. The number of hydrogen-bond donors (Lipinski definition) is 3. The van der Waals surface area contributed by atoms with Gasteiger partial charge in [-0.2, -0.15) is 0 Å². The van der Waals surface area contributed by atoms with E-state index in [1.165, 1.54) is 0 Å². The number of amides is 4. The molecule has 8 nitrogen and oxygen atoms in total. The number of benzene rings is 1. The second kappa shape index (κ2) is 7.26. The standard InChI is InChI=1S/C21H26N4O4/c1-21(2)10-13(7-8-22-11-21)23-12-3-4-14-15(9-12)20(29)25(19(14)28)16-5-6-17(26)24-18(16)27/h3-4,9,13,16,22-23H,5-8,10-11H2,1-2H3,(H,24,26,27). The van der Waals surface area contributed by atoms with Crippen LogP contribution in [0.25, 0.3) is 0 Å².